The molecule has 0 amide bonds. The largest absolute Gasteiger partial charge is 0.462 e. The number of hydrogen-bond donors (Lipinski definition) is 0. The highest BCUT2D eigenvalue weighted by Crippen LogP contribution is 2.54. The Bertz CT molecular complexity index is 492. The first-order chi connectivity index (χ1) is 12.1. The summed E-state index contributed by atoms with van der Waals surface area (Å²) in [6.45, 7) is 4.54. The van der Waals surface area contributed by atoms with Crippen molar-refractivity contribution in [3.8, 4) is 0 Å². The van der Waals surface area contributed by atoms with Gasteiger partial charge >= 0.3 is 5.97 Å². The summed E-state index contributed by atoms with van der Waals surface area (Å²) in [4.78, 5) is 15.0. The van der Waals surface area contributed by atoms with Crippen LogP contribution in [-0.2, 0) is 9.53 Å². The third kappa shape index (κ3) is 3.26. The van der Waals surface area contributed by atoms with Gasteiger partial charge in [0.15, 0.2) is 0 Å². The number of esters is 1. The zero-order valence-electron chi connectivity index (χ0n) is 16.5. The van der Waals surface area contributed by atoms with Crippen LogP contribution in [0.3, 0.4) is 0 Å². The molecule has 4 fully saturated rings. The van der Waals surface area contributed by atoms with E-state index in [9.17, 15) is 4.79 Å². The molecule has 4 aliphatic rings. The molecule has 3 nitrogen and oxygen atoms in total. The molecule has 2 heterocycles. The first kappa shape index (κ1) is 17.8. The van der Waals surface area contributed by atoms with Gasteiger partial charge in [0.05, 0.1) is 5.92 Å². The van der Waals surface area contributed by atoms with Crippen molar-refractivity contribution in [1.29, 1.82) is 0 Å². The number of hydrogen-bond acceptors (Lipinski definition) is 3. The number of nitrogens with zero attached hydrogens (tertiary/aromatic N) is 1. The van der Waals surface area contributed by atoms with E-state index >= 15 is 0 Å². The van der Waals surface area contributed by atoms with E-state index in [1.165, 1.54) is 57.8 Å². The third-order valence-electron chi connectivity index (χ3n) is 8.44. The minimum Gasteiger partial charge on any atom is -0.462 e. The Hall–Kier alpha value is -0.570. The minimum absolute atomic E-state index is 0.120. The number of carbonyl (C=O) groups excluding carboxylic acids is 1. The van der Waals surface area contributed by atoms with Gasteiger partial charge in [0.25, 0.3) is 0 Å². The van der Waals surface area contributed by atoms with Crippen LogP contribution in [0.2, 0.25) is 0 Å². The van der Waals surface area contributed by atoms with Gasteiger partial charge in [-0.2, -0.15) is 0 Å². The number of cyclic esters (lactones) is 1. The van der Waals surface area contributed by atoms with E-state index in [4.69, 9.17) is 4.74 Å². The molecule has 2 saturated carbocycles. The molecule has 0 radical (unpaired) electrons. The fourth-order valence-corrected chi connectivity index (χ4v) is 6.99. The molecule has 2 aliphatic heterocycles. The molecule has 0 spiro atoms. The van der Waals surface area contributed by atoms with E-state index in [1.54, 1.807) is 0 Å². The normalized spacial score (nSPS) is 47.9. The lowest BCUT2D eigenvalue weighted by molar-refractivity contribution is -0.144. The Labute approximate surface area is 153 Å². The van der Waals surface area contributed by atoms with Gasteiger partial charge in [-0.1, -0.05) is 25.7 Å². The van der Waals surface area contributed by atoms with Crippen molar-refractivity contribution in [3.63, 3.8) is 0 Å². The van der Waals surface area contributed by atoms with Crippen LogP contribution in [0.25, 0.3) is 0 Å². The quantitative estimate of drug-likeness (QED) is 0.696. The van der Waals surface area contributed by atoms with Crippen LogP contribution in [-0.4, -0.2) is 36.1 Å². The summed E-state index contributed by atoms with van der Waals surface area (Å²) in [6, 6.07) is 1.48. The van der Waals surface area contributed by atoms with Gasteiger partial charge in [-0.3, -0.25) is 4.79 Å². The van der Waals surface area contributed by atoms with Gasteiger partial charge in [-0.05, 0) is 77.2 Å². The molecule has 0 N–H and O–H groups in total. The highest BCUT2D eigenvalue weighted by Gasteiger charge is 2.54. The lowest BCUT2D eigenvalue weighted by Gasteiger charge is -2.48. The standard InChI is InChI=1S/C22H37NO2/c1-14-7-6-9-17(23(14)3)11-12-19-18-10-5-4-8-16(18)13-20-21(19)15(2)25-22(20)24/h14-21H,4-13H2,1-3H3/t14-,15+,16-,17+,18+,19-,20?,21?/m1/s1. The number of piperidine rings is 1. The van der Waals surface area contributed by atoms with Crippen molar-refractivity contribution in [2.24, 2.45) is 29.6 Å². The van der Waals surface area contributed by atoms with Crippen molar-refractivity contribution < 1.29 is 9.53 Å². The molecule has 2 saturated heterocycles. The van der Waals surface area contributed by atoms with Gasteiger partial charge in [0, 0.05) is 18.0 Å². The van der Waals surface area contributed by atoms with Gasteiger partial charge < -0.3 is 9.64 Å². The molecular formula is C22H37NO2. The van der Waals surface area contributed by atoms with Crippen molar-refractivity contribution in [1.82, 2.24) is 4.90 Å². The summed E-state index contributed by atoms with van der Waals surface area (Å²) in [6.07, 6.45) is 13.5. The van der Waals surface area contributed by atoms with Crippen LogP contribution in [0.5, 0.6) is 0 Å². The molecule has 0 aromatic rings. The van der Waals surface area contributed by atoms with E-state index in [0.717, 1.165) is 36.3 Å². The summed E-state index contributed by atoms with van der Waals surface area (Å²) in [7, 11) is 2.33. The maximum absolute atomic E-state index is 12.4. The Balaban J connectivity index is 1.49. The average molecular weight is 348 g/mol. The Morgan fingerprint density at radius 2 is 1.84 bits per heavy atom. The molecular weight excluding hydrogens is 310 g/mol. The Morgan fingerprint density at radius 1 is 1.04 bits per heavy atom. The number of rotatable bonds is 3. The minimum atomic E-state index is 0.120. The second-order valence-corrected chi connectivity index (χ2v) is 9.61. The maximum atomic E-state index is 12.4. The topological polar surface area (TPSA) is 29.5 Å². The predicted octanol–water partition coefficient (Wildman–Crippen LogP) is 4.64. The fourth-order valence-electron chi connectivity index (χ4n) is 6.99. The van der Waals surface area contributed by atoms with E-state index in [-0.39, 0.29) is 18.0 Å². The lowest BCUT2D eigenvalue weighted by Crippen LogP contribution is -2.46. The lowest BCUT2D eigenvalue weighted by atomic mass is 9.56. The SMILES string of the molecule is C[C@@H]1OC(=O)C2C[C@H]3CCCC[C@@H]3[C@@H](CC[C@@H]3CCC[C@@H](C)N3C)C21. The fraction of sp³-hybridized carbons (Fsp3) is 0.955. The van der Waals surface area contributed by atoms with Crippen molar-refractivity contribution >= 4 is 5.97 Å². The molecule has 3 heteroatoms. The van der Waals surface area contributed by atoms with Crippen LogP contribution in [0.4, 0.5) is 0 Å². The van der Waals surface area contributed by atoms with Crippen LogP contribution >= 0.6 is 0 Å². The molecule has 2 unspecified atom stereocenters. The molecule has 0 bridgehead atoms. The Kier molecular flexibility index (Phi) is 5.14. The predicted molar refractivity (Wildman–Crippen MR) is 100 cm³/mol. The molecule has 2 aliphatic carbocycles. The zero-order valence-corrected chi connectivity index (χ0v) is 16.5. The smallest absolute Gasteiger partial charge is 0.309 e. The first-order valence-electron chi connectivity index (χ1n) is 11.0. The van der Waals surface area contributed by atoms with Crippen LogP contribution < -0.4 is 0 Å². The second-order valence-electron chi connectivity index (χ2n) is 9.61. The van der Waals surface area contributed by atoms with Gasteiger partial charge in [-0.15, -0.1) is 0 Å². The van der Waals surface area contributed by atoms with Crippen molar-refractivity contribution in [2.45, 2.75) is 96.2 Å². The van der Waals surface area contributed by atoms with Crippen LogP contribution in [0, 0.1) is 29.6 Å². The number of likely N-dealkylation sites (tertiary alicyclic amines) is 1. The van der Waals surface area contributed by atoms with E-state index in [2.05, 4.69) is 25.8 Å². The van der Waals surface area contributed by atoms with Gasteiger partial charge in [0.1, 0.15) is 6.10 Å². The van der Waals surface area contributed by atoms with Crippen molar-refractivity contribution in [2.75, 3.05) is 7.05 Å². The highest BCUT2D eigenvalue weighted by atomic mass is 16.6. The number of ether oxygens (including phenoxy) is 1. The van der Waals surface area contributed by atoms with E-state index in [1.807, 2.05) is 0 Å². The van der Waals surface area contributed by atoms with Gasteiger partial charge in [0.2, 0.25) is 0 Å². The maximum Gasteiger partial charge on any atom is 0.309 e. The Morgan fingerprint density at radius 3 is 2.68 bits per heavy atom. The second kappa shape index (κ2) is 7.21. The molecule has 8 atom stereocenters. The molecule has 0 aromatic carbocycles. The van der Waals surface area contributed by atoms with E-state index in [0.29, 0.717) is 5.92 Å². The van der Waals surface area contributed by atoms with Gasteiger partial charge in [-0.25, -0.2) is 0 Å². The third-order valence-corrected chi connectivity index (χ3v) is 8.44. The summed E-state index contributed by atoms with van der Waals surface area (Å²) in [5.74, 6) is 3.20. The molecule has 142 valence electrons. The molecule has 0 aromatic heterocycles. The summed E-state index contributed by atoms with van der Waals surface area (Å²) >= 11 is 0. The first-order valence-corrected chi connectivity index (χ1v) is 11.0. The summed E-state index contributed by atoms with van der Waals surface area (Å²) in [5, 5.41) is 0. The van der Waals surface area contributed by atoms with Crippen LogP contribution in [0.1, 0.15) is 78.1 Å². The monoisotopic (exact) mass is 347 g/mol. The number of fused-ring (bicyclic) bond motifs is 2. The summed E-state index contributed by atoms with van der Waals surface area (Å²) in [5.41, 5.74) is 0. The summed E-state index contributed by atoms with van der Waals surface area (Å²) < 4.78 is 5.73. The van der Waals surface area contributed by atoms with E-state index < -0.39 is 0 Å². The average Bonchev–Trinajstić information content (AvgIpc) is 2.89. The van der Waals surface area contributed by atoms with Crippen molar-refractivity contribution in [3.05, 3.63) is 0 Å². The molecule has 25 heavy (non-hydrogen) atoms. The highest BCUT2D eigenvalue weighted by molar-refractivity contribution is 5.75. The number of carbonyl (C=O) groups is 1. The zero-order chi connectivity index (χ0) is 17.6. The molecule has 4 rings (SSSR count). The van der Waals surface area contributed by atoms with Crippen LogP contribution in [0.15, 0.2) is 0 Å².